The first-order valence-corrected chi connectivity index (χ1v) is 7.91. The maximum atomic E-state index is 12.3. The zero-order valence-electron chi connectivity index (χ0n) is 13.1. The fraction of sp³-hybridized carbons (Fsp3) is 0.222. The molecule has 0 saturated carbocycles. The number of anilines is 2. The number of nitrogens with one attached hydrogen (secondary N) is 1. The zero-order valence-corrected chi connectivity index (χ0v) is 13.1. The lowest BCUT2D eigenvalue weighted by Crippen LogP contribution is -2.36. The van der Waals surface area contributed by atoms with Crippen molar-refractivity contribution in [3.05, 3.63) is 59.7 Å². The average Bonchev–Trinajstić information content (AvgIpc) is 2.88. The first-order chi connectivity index (χ1) is 11.7. The summed E-state index contributed by atoms with van der Waals surface area (Å²) in [5, 5.41) is 1.06. The van der Waals surface area contributed by atoms with Crippen LogP contribution in [0.4, 0.5) is 11.4 Å². The van der Waals surface area contributed by atoms with Crippen LogP contribution < -0.4 is 10.3 Å². The van der Waals surface area contributed by atoms with Crippen molar-refractivity contribution in [1.82, 2.24) is 5.01 Å². The van der Waals surface area contributed by atoms with Gasteiger partial charge in [-0.25, -0.2) is 0 Å². The smallest absolute Gasteiger partial charge is 0.280 e. The van der Waals surface area contributed by atoms with Gasteiger partial charge in [0.25, 0.3) is 11.8 Å². The molecular formula is C18H17N3O3. The lowest BCUT2D eigenvalue weighted by molar-refractivity contribution is 0.0691. The first-order valence-electron chi connectivity index (χ1n) is 7.91. The van der Waals surface area contributed by atoms with Gasteiger partial charge in [-0.1, -0.05) is 12.1 Å². The number of hydrogen-bond donors (Lipinski definition) is 1. The maximum Gasteiger partial charge on any atom is 0.280 e. The van der Waals surface area contributed by atoms with E-state index in [1.165, 1.54) is 0 Å². The zero-order chi connectivity index (χ0) is 16.5. The topological polar surface area (TPSA) is 61.9 Å². The van der Waals surface area contributed by atoms with E-state index in [1.807, 2.05) is 24.3 Å². The number of carbonyl (C=O) groups is 2. The molecule has 24 heavy (non-hydrogen) atoms. The molecule has 1 saturated heterocycles. The number of amides is 2. The SMILES string of the molecule is O=C1c2ccccc2C(=O)N1Nc1ccc(N2CCOCC2)cc1. The van der Waals surface area contributed by atoms with Crippen molar-refractivity contribution < 1.29 is 14.3 Å². The number of hydrazine groups is 1. The van der Waals surface area contributed by atoms with E-state index >= 15 is 0 Å². The monoisotopic (exact) mass is 323 g/mol. The van der Waals surface area contributed by atoms with Crippen LogP contribution >= 0.6 is 0 Å². The lowest BCUT2D eigenvalue weighted by Gasteiger charge is -2.29. The maximum absolute atomic E-state index is 12.3. The minimum absolute atomic E-state index is 0.326. The summed E-state index contributed by atoms with van der Waals surface area (Å²) in [6, 6.07) is 14.5. The molecule has 6 nitrogen and oxygen atoms in total. The highest BCUT2D eigenvalue weighted by Gasteiger charge is 2.35. The molecule has 122 valence electrons. The van der Waals surface area contributed by atoms with Crippen molar-refractivity contribution >= 4 is 23.2 Å². The summed E-state index contributed by atoms with van der Waals surface area (Å²) < 4.78 is 5.35. The molecule has 2 aliphatic heterocycles. The summed E-state index contributed by atoms with van der Waals surface area (Å²) in [5.41, 5.74) is 5.57. The molecule has 0 atom stereocenters. The minimum atomic E-state index is -0.326. The Labute approximate surface area is 139 Å². The second kappa shape index (κ2) is 5.98. The molecule has 0 aromatic heterocycles. The third-order valence-electron chi connectivity index (χ3n) is 4.28. The molecule has 0 aliphatic carbocycles. The number of rotatable bonds is 3. The molecule has 0 radical (unpaired) electrons. The number of benzene rings is 2. The second-order valence-electron chi connectivity index (χ2n) is 5.75. The Hall–Kier alpha value is -2.86. The molecule has 0 unspecified atom stereocenters. The van der Waals surface area contributed by atoms with E-state index in [1.54, 1.807) is 24.3 Å². The summed E-state index contributed by atoms with van der Waals surface area (Å²) in [4.78, 5) is 26.9. The molecule has 2 aliphatic rings. The van der Waals surface area contributed by atoms with E-state index in [-0.39, 0.29) is 11.8 Å². The van der Waals surface area contributed by atoms with Gasteiger partial charge in [-0.3, -0.25) is 15.0 Å². The van der Waals surface area contributed by atoms with E-state index in [0.29, 0.717) is 16.8 Å². The van der Waals surface area contributed by atoms with E-state index in [2.05, 4.69) is 10.3 Å². The number of hydrogen-bond acceptors (Lipinski definition) is 5. The van der Waals surface area contributed by atoms with Gasteiger partial charge >= 0.3 is 0 Å². The molecule has 2 heterocycles. The van der Waals surface area contributed by atoms with Gasteiger partial charge in [-0.2, -0.15) is 5.01 Å². The molecule has 1 N–H and O–H groups in total. The summed E-state index contributed by atoms with van der Waals surface area (Å²) >= 11 is 0. The third-order valence-corrected chi connectivity index (χ3v) is 4.28. The van der Waals surface area contributed by atoms with Crippen molar-refractivity contribution in [2.45, 2.75) is 0 Å². The van der Waals surface area contributed by atoms with Crippen molar-refractivity contribution in [2.75, 3.05) is 36.6 Å². The predicted molar refractivity (Wildman–Crippen MR) is 90.0 cm³/mol. The van der Waals surface area contributed by atoms with E-state index in [9.17, 15) is 9.59 Å². The number of imide groups is 1. The number of morpholine rings is 1. The van der Waals surface area contributed by atoms with Crippen molar-refractivity contribution in [3.63, 3.8) is 0 Å². The molecule has 0 bridgehead atoms. The highest BCUT2D eigenvalue weighted by molar-refractivity contribution is 6.21. The van der Waals surface area contributed by atoms with Gasteiger partial charge in [0.05, 0.1) is 30.0 Å². The Kier molecular flexibility index (Phi) is 3.66. The number of nitrogens with zero attached hydrogens (tertiary/aromatic N) is 2. The fourth-order valence-electron chi connectivity index (χ4n) is 2.99. The van der Waals surface area contributed by atoms with Crippen LogP contribution in [-0.4, -0.2) is 43.1 Å². The molecule has 2 aromatic rings. The van der Waals surface area contributed by atoms with E-state index < -0.39 is 0 Å². The lowest BCUT2D eigenvalue weighted by atomic mass is 10.1. The Bertz CT molecular complexity index is 747. The van der Waals surface area contributed by atoms with Crippen LogP contribution in [0.5, 0.6) is 0 Å². The fourth-order valence-corrected chi connectivity index (χ4v) is 2.99. The van der Waals surface area contributed by atoms with Gasteiger partial charge in [-0.15, -0.1) is 0 Å². The van der Waals surface area contributed by atoms with Crippen molar-refractivity contribution in [2.24, 2.45) is 0 Å². The summed E-state index contributed by atoms with van der Waals surface area (Å²) in [6.07, 6.45) is 0. The molecule has 2 aromatic carbocycles. The predicted octanol–water partition coefficient (Wildman–Crippen LogP) is 2.15. The summed E-state index contributed by atoms with van der Waals surface area (Å²) in [5.74, 6) is -0.652. The Balaban J connectivity index is 1.50. The van der Waals surface area contributed by atoms with Crippen LogP contribution in [0.15, 0.2) is 48.5 Å². The van der Waals surface area contributed by atoms with Gasteiger partial charge in [0, 0.05) is 18.8 Å². The quantitative estimate of drug-likeness (QED) is 0.877. The van der Waals surface area contributed by atoms with Gasteiger partial charge in [-0.05, 0) is 36.4 Å². The third kappa shape index (κ3) is 2.51. The number of carbonyl (C=O) groups excluding carboxylic acids is 2. The molecule has 6 heteroatoms. The van der Waals surface area contributed by atoms with Crippen LogP contribution in [-0.2, 0) is 4.74 Å². The van der Waals surface area contributed by atoms with Crippen molar-refractivity contribution in [1.29, 1.82) is 0 Å². The normalized spacial score (nSPS) is 17.2. The first kappa shape index (κ1) is 14.7. The Morgan fingerprint density at radius 1 is 0.833 bits per heavy atom. The minimum Gasteiger partial charge on any atom is -0.378 e. The highest BCUT2D eigenvalue weighted by atomic mass is 16.5. The number of fused-ring (bicyclic) bond motifs is 1. The van der Waals surface area contributed by atoms with Crippen LogP contribution in [0, 0.1) is 0 Å². The largest absolute Gasteiger partial charge is 0.378 e. The molecule has 1 fully saturated rings. The number of ether oxygens (including phenoxy) is 1. The molecular weight excluding hydrogens is 306 g/mol. The van der Waals surface area contributed by atoms with Gasteiger partial charge in [0.1, 0.15) is 0 Å². The van der Waals surface area contributed by atoms with Crippen LogP contribution in [0.3, 0.4) is 0 Å². The van der Waals surface area contributed by atoms with Crippen LogP contribution in [0.25, 0.3) is 0 Å². The highest BCUT2D eigenvalue weighted by Crippen LogP contribution is 2.24. The summed E-state index contributed by atoms with van der Waals surface area (Å²) in [7, 11) is 0. The molecule has 2 amide bonds. The van der Waals surface area contributed by atoms with Gasteiger partial charge < -0.3 is 9.64 Å². The standard InChI is InChI=1S/C18H17N3O3/c22-17-15-3-1-2-4-16(15)18(23)21(17)19-13-5-7-14(8-6-13)20-9-11-24-12-10-20/h1-8,19H,9-12H2. The van der Waals surface area contributed by atoms with Crippen molar-refractivity contribution in [3.8, 4) is 0 Å². The van der Waals surface area contributed by atoms with Gasteiger partial charge in [0.2, 0.25) is 0 Å². The average molecular weight is 323 g/mol. The second-order valence-corrected chi connectivity index (χ2v) is 5.75. The van der Waals surface area contributed by atoms with Crippen LogP contribution in [0.1, 0.15) is 20.7 Å². The van der Waals surface area contributed by atoms with Crippen LogP contribution in [0.2, 0.25) is 0 Å². The van der Waals surface area contributed by atoms with E-state index in [0.717, 1.165) is 37.0 Å². The molecule has 0 spiro atoms. The Morgan fingerprint density at radius 3 is 2.00 bits per heavy atom. The Morgan fingerprint density at radius 2 is 1.42 bits per heavy atom. The molecule has 4 rings (SSSR count). The van der Waals surface area contributed by atoms with E-state index in [4.69, 9.17) is 4.74 Å². The summed E-state index contributed by atoms with van der Waals surface area (Å²) in [6.45, 7) is 3.19. The van der Waals surface area contributed by atoms with Gasteiger partial charge in [0.15, 0.2) is 0 Å².